The summed E-state index contributed by atoms with van der Waals surface area (Å²) in [6.45, 7) is 2.22. The fourth-order valence-electron chi connectivity index (χ4n) is 2.99. The second-order valence-corrected chi connectivity index (χ2v) is 6.44. The Bertz CT molecular complexity index is 687. The molecular weight excluding hydrogens is 329 g/mol. The summed E-state index contributed by atoms with van der Waals surface area (Å²) < 4.78 is 11.0. The number of fused-ring (bicyclic) bond motifs is 1. The number of carbonyl (C=O) groups is 2. The van der Waals surface area contributed by atoms with Crippen LogP contribution in [0.15, 0.2) is 12.1 Å². The molecule has 25 heavy (non-hydrogen) atoms. The lowest BCUT2D eigenvalue weighted by molar-refractivity contribution is -0.141. The standard InChI is InChI=1S/C16H20BNO7/c1-9(19)6-13(20)18-7-11(8-18)24-12-3-2-10-4-5-17(23)25-15(10)14(12)16(21)22/h2-3,9,11,19,23H,4-8H2,1H3,(H,21,22). The lowest BCUT2D eigenvalue weighted by Crippen LogP contribution is -2.56. The van der Waals surface area contributed by atoms with E-state index in [1.807, 2.05) is 0 Å². The van der Waals surface area contributed by atoms with Gasteiger partial charge < -0.3 is 29.5 Å². The van der Waals surface area contributed by atoms with Gasteiger partial charge in [-0.15, -0.1) is 0 Å². The van der Waals surface area contributed by atoms with Crippen molar-refractivity contribution in [2.45, 2.75) is 38.3 Å². The number of hydrogen-bond donors (Lipinski definition) is 3. The highest BCUT2D eigenvalue weighted by Crippen LogP contribution is 2.37. The molecular formula is C16H20BNO7. The number of carbonyl (C=O) groups excluding carboxylic acids is 1. The second-order valence-electron chi connectivity index (χ2n) is 6.44. The van der Waals surface area contributed by atoms with E-state index in [2.05, 4.69) is 0 Å². The molecule has 2 aliphatic heterocycles. The zero-order valence-electron chi connectivity index (χ0n) is 13.8. The summed E-state index contributed by atoms with van der Waals surface area (Å²) in [7, 11) is -1.03. The molecule has 1 saturated heterocycles. The zero-order valence-corrected chi connectivity index (χ0v) is 13.8. The van der Waals surface area contributed by atoms with E-state index in [1.54, 1.807) is 24.0 Å². The summed E-state index contributed by atoms with van der Waals surface area (Å²) in [5, 5.41) is 28.4. The van der Waals surface area contributed by atoms with Crippen LogP contribution in [0.2, 0.25) is 6.32 Å². The Morgan fingerprint density at radius 1 is 1.44 bits per heavy atom. The molecule has 8 nitrogen and oxygen atoms in total. The Morgan fingerprint density at radius 3 is 2.80 bits per heavy atom. The number of aliphatic hydroxyl groups is 1. The van der Waals surface area contributed by atoms with Gasteiger partial charge in [0, 0.05) is 0 Å². The molecule has 2 heterocycles. The maximum Gasteiger partial charge on any atom is 0.522 e. The van der Waals surface area contributed by atoms with Crippen LogP contribution in [0.4, 0.5) is 0 Å². The summed E-state index contributed by atoms with van der Waals surface area (Å²) in [5.41, 5.74) is 0.613. The molecule has 0 spiro atoms. The van der Waals surface area contributed by atoms with Crippen LogP contribution >= 0.6 is 0 Å². The molecule has 3 rings (SSSR count). The van der Waals surface area contributed by atoms with Gasteiger partial charge in [-0.2, -0.15) is 0 Å². The lowest BCUT2D eigenvalue weighted by Gasteiger charge is -2.39. The SMILES string of the molecule is CC(O)CC(=O)N1CC(Oc2ccc3c(c2C(=O)O)OB(O)CC3)C1. The maximum absolute atomic E-state index is 11.8. The number of likely N-dealkylation sites (tertiary alicyclic amines) is 1. The van der Waals surface area contributed by atoms with Gasteiger partial charge in [0.1, 0.15) is 23.2 Å². The van der Waals surface area contributed by atoms with E-state index >= 15 is 0 Å². The number of rotatable bonds is 5. The van der Waals surface area contributed by atoms with Crippen molar-refractivity contribution in [3.8, 4) is 11.5 Å². The van der Waals surface area contributed by atoms with Crippen molar-refractivity contribution in [2.24, 2.45) is 0 Å². The number of aliphatic hydroxyl groups excluding tert-OH is 1. The minimum absolute atomic E-state index is 0.0532. The number of ether oxygens (including phenoxy) is 1. The number of carboxylic acid groups (broad SMARTS) is 1. The summed E-state index contributed by atoms with van der Waals surface area (Å²) in [5.74, 6) is -1.05. The van der Waals surface area contributed by atoms with Crippen LogP contribution in [-0.2, 0) is 11.2 Å². The normalized spacial score (nSPS) is 18.0. The minimum atomic E-state index is -1.19. The first kappa shape index (κ1) is 17.6. The molecule has 3 N–H and O–H groups in total. The van der Waals surface area contributed by atoms with Gasteiger partial charge in [0.15, 0.2) is 0 Å². The molecule has 9 heteroatoms. The van der Waals surface area contributed by atoms with Crippen LogP contribution in [0.3, 0.4) is 0 Å². The van der Waals surface area contributed by atoms with Gasteiger partial charge in [0.25, 0.3) is 0 Å². The van der Waals surface area contributed by atoms with Crippen molar-refractivity contribution < 1.29 is 34.2 Å². The summed E-state index contributed by atoms with van der Waals surface area (Å²) >= 11 is 0. The third-order valence-corrected chi connectivity index (χ3v) is 4.29. The average Bonchev–Trinajstić information content (AvgIpc) is 2.48. The lowest BCUT2D eigenvalue weighted by atomic mass is 9.78. The van der Waals surface area contributed by atoms with E-state index in [0.29, 0.717) is 25.8 Å². The summed E-state index contributed by atoms with van der Waals surface area (Å²) in [6, 6.07) is 3.32. The first-order chi connectivity index (χ1) is 11.8. The number of benzene rings is 1. The van der Waals surface area contributed by atoms with Crippen LogP contribution < -0.4 is 9.39 Å². The third-order valence-electron chi connectivity index (χ3n) is 4.29. The van der Waals surface area contributed by atoms with Gasteiger partial charge >= 0.3 is 13.1 Å². The molecule has 0 radical (unpaired) electrons. The Hall–Kier alpha value is -2.26. The van der Waals surface area contributed by atoms with Gasteiger partial charge in [-0.1, -0.05) is 6.07 Å². The largest absolute Gasteiger partial charge is 0.535 e. The molecule has 0 aromatic heterocycles. The molecule has 1 amide bonds. The van der Waals surface area contributed by atoms with Gasteiger partial charge in [-0.05, 0) is 31.3 Å². The molecule has 1 unspecified atom stereocenters. The topological polar surface area (TPSA) is 117 Å². The Labute approximate surface area is 145 Å². The number of amides is 1. The van der Waals surface area contributed by atoms with Gasteiger partial charge in [0.05, 0.1) is 25.6 Å². The number of aromatic carboxylic acids is 1. The highest BCUT2D eigenvalue weighted by atomic mass is 16.5. The van der Waals surface area contributed by atoms with Crippen LogP contribution in [0, 0.1) is 0 Å². The van der Waals surface area contributed by atoms with Crippen LogP contribution in [0.5, 0.6) is 11.5 Å². The highest BCUT2D eigenvalue weighted by Gasteiger charge is 2.35. The molecule has 1 aromatic rings. The molecule has 0 bridgehead atoms. The predicted octanol–water partition coefficient (Wildman–Crippen LogP) is 0.161. The number of nitrogens with zero attached hydrogens (tertiary/aromatic N) is 1. The van der Waals surface area contributed by atoms with Gasteiger partial charge in [-0.3, -0.25) is 4.79 Å². The zero-order chi connectivity index (χ0) is 18.1. The number of carboxylic acids is 1. The van der Waals surface area contributed by atoms with E-state index in [4.69, 9.17) is 9.39 Å². The quantitative estimate of drug-likeness (QED) is 0.649. The van der Waals surface area contributed by atoms with Crippen molar-refractivity contribution in [3.63, 3.8) is 0 Å². The fraction of sp³-hybridized carbons (Fsp3) is 0.500. The molecule has 1 atom stereocenters. The number of aryl methyl sites for hydroxylation is 1. The van der Waals surface area contributed by atoms with E-state index in [1.165, 1.54) is 0 Å². The van der Waals surface area contributed by atoms with E-state index < -0.39 is 19.2 Å². The van der Waals surface area contributed by atoms with Crippen molar-refractivity contribution in [3.05, 3.63) is 23.3 Å². The van der Waals surface area contributed by atoms with Crippen LogP contribution in [0.25, 0.3) is 0 Å². The Morgan fingerprint density at radius 2 is 2.16 bits per heavy atom. The highest BCUT2D eigenvalue weighted by molar-refractivity contribution is 6.44. The Kier molecular flexibility index (Phi) is 4.87. The predicted molar refractivity (Wildman–Crippen MR) is 87.8 cm³/mol. The Balaban J connectivity index is 1.71. The molecule has 2 aliphatic rings. The van der Waals surface area contributed by atoms with Gasteiger partial charge in [-0.25, -0.2) is 4.79 Å². The van der Waals surface area contributed by atoms with E-state index in [9.17, 15) is 24.8 Å². The molecule has 0 aliphatic carbocycles. The molecule has 1 aromatic carbocycles. The van der Waals surface area contributed by atoms with Gasteiger partial charge in [0.2, 0.25) is 5.91 Å². The van der Waals surface area contributed by atoms with Crippen molar-refractivity contribution >= 4 is 19.0 Å². The average molecular weight is 349 g/mol. The smallest absolute Gasteiger partial charge is 0.522 e. The fourth-order valence-corrected chi connectivity index (χ4v) is 2.99. The minimum Gasteiger partial charge on any atom is -0.535 e. The number of hydrogen-bond acceptors (Lipinski definition) is 6. The van der Waals surface area contributed by atoms with Crippen molar-refractivity contribution in [2.75, 3.05) is 13.1 Å². The van der Waals surface area contributed by atoms with Crippen LogP contribution in [-0.4, -0.2) is 64.4 Å². The monoisotopic (exact) mass is 349 g/mol. The third kappa shape index (κ3) is 3.72. The first-order valence-corrected chi connectivity index (χ1v) is 8.21. The van der Waals surface area contributed by atoms with Crippen molar-refractivity contribution in [1.82, 2.24) is 4.90 Å². The second kappa shape index (κ2) is 6.93. The van der Waals surface area contributed by atoms with Crippen molar-refractivity contribution in [1.29, 1.82) is 0 Å². The summed E-state index contributed by atoms with van der Waals surface area (Å²) in [4.78, 5) is 25.0. The van der Waals surface area contributed by atoms with E-state index in [0.717, 1.165) is 5.56 Å². The molecule has 1 fully saturated rings. The maximum atomic E-state index is 11.8. The molecule has 0 saturated carbocycles. The first-order valence-electron chi connectivity index (χ1n) is 8.21. The molecule has 134 valence electrons. The van der Waals surface area contributed by atoms with E-state index in [-0.39, 0.29) is 35.5 Å². The van der Waals surface area contributed by atoms with Crippen LogP contribution in [0.1, 0.15) is 29.3 Å². The summed E-state index contributed by atoms with van der Waals surface area (Å²) in [6.07, 6.45) is -0.0208.